The van der Waals surface area contributed by atoms with Crippen LogP contribution in [0.25, 0.3) is 0 Å². The first-order valence-corrected chi connectivity index (χ1v) is 6.73. The van der Waals surface area contributed by atoms with E-state index >= 15 is 0 Å². The van der Waals surface area contributed by atoms with Gasteiger partial charge in [0.05, 0.1) is 11.4 Å². The molecule has 9 heteroatoms. The molecule has 0 aliphatic rings. The van der Waals surface area contributed by atoms with Gasteiger partial charge >= 0.3 is 5.97 Å². The molecule has 0 saturated carbocycles. The molecule has 0 aliphatic heterocycles. The van der Waals surface area contributed by atoms with Crippen molar-refractivity contribution in [2.24, 2.45) is 0 Å². The summed E-state index contributed by atoms with van der Waals surface area (Å²) in [7, 11) is -4.02. The summed E-state index contributed by atoms with van der Waals surface area (Å²) in [5.41, 5.74) is -0.728. The molecule has 0 spiro atoms. The number of carboxylic acids is 1. The summed E-state index contributed by atoms with van der Waals surface area (Å²) in [6.45, 7) is 0. The Bertz CT molecular complexity index is 589. The molecule has 2 N–H and O–H groups in total. The molecule has 0 amide bonds. The highest BCUT2D eigenvalue weighted by Gasteiger charge is 2.16. The van der Waals surface area contributed by atoms with E-state index in [1.54, 1.807) is 4.72 Å². The lowest BCUT2D eigenvalue weighted by molar-refractivity contribution is -0.137. The van der Waals surface area contributed by atoms with Gasteiger partial charge in [0, 0.05) is 18.6 Å². The minimum absolute atomic E-state index is 0.185. The number of benzene rings is 1. The third-order valence-electron chi connectivity index (χ3n) is 2.08. The van der Waals surface area contributed by atoms with Crippen LogP contribution in [0, 0.1) is 17.5 Å². The SMILES string of the molecule is O=C(O)CCCS(=O)(=O)Nc1cc(F)c(F)cc1F. The maximum absolute atomic E-state index is 13.2. The van der Waals surface area contributed by atoms with Crippen molar-refractivity contribution in [1.82, 2.24) is 0 Å². The topological polar surface area (TPSA) is 83.5 Å². The molecule has 0 atom stereocenters. The Morgan fingerprint density at radius 1 is 1.16 bits per heavy atom. The van der Waals surface area contributed by atoms with Crippen LogP contribution in [-0.2, 0) is 14.8 Å². The fourth-order valence-corrected chi connectivity index (χ4v) is 2.35. The van der Waals surface area contributed by atoms with E-state index in [2.05, 4.69) is 0 Å². The molecule has 0 radical (unpaired) electrons. The first kappa shape index (κ1) is 15.3. The van der Waals surface area contributed by atoms with Gasteiger partial charge in [0.15, 0.2) is 11.6 Å². The van der Waals surface area contributed by atoms with Gasteiger partial charge in [-0.05, 0) is 6.42 Å². The molecular weight excluding hydrogens is 287 g/mol. The standard InChI is InChI=1S/C10H10F3NO4S/c11-6-4-8(13)9(5-7(6)12)14-19(17,18)3-1-2-10(15)16/h4-5,14H,1-3H2,(H,15,16). The predicted octanol–water partition coefficient (Wildman–Crippen LogP) is 1.71. The van der Waals surface area contributed by atoms with Crippen molar-refractivity contribution in [1.29, 1.82) is 0 Å². The van der Waals surface area contributed by atoms with Gasteiger partial charge in [-0.2, -0.15) is 0 Å². The van der Waals surface area contributed by atoms with Crippen LogP contribution in [0.2, 0.25) is 0 Å². The first-order valence-electron chi connectivity index (χ1n) is 5.08. The Kier molecular flexibility index (Phi) is 4.76. The smallest absolute Gasteiger partial charge is 0.303 e. The van der Waals surface area contributed by atoms with Crippen LogP contribution >= 0.6 is 0 Å². The van der Waals surface area contributed by atoms with Gasteiger partial charge in [-0.15, -0.1) is 0 Å². The molecule has 0 fully saturated rings. The zero-order valence-electron chi connectivity index (χ0n) is 9.49. The lowest BCUT2D eigenvalue weighted by atomic mass is 10.3. The number of carbonyl (C=O) groups is 1. The van der Waals surface area contributed by atoms with Gasteiger partial charge in [-0.3, -0.25) is 9.52 Å². The van der Waals surface area contributed by atoms with Crippen molar-refractivity contribution in [2.45, 2.75) is 12.8 Å². The Morgan fingerprint density at radius 3 is 2.32 bits per heavy atom. The molecule has 1 rings (SSSR count). The quantitative estimate of drug-likeness (QED) is 0.783. The molecule has 106 valence electrons. The maximum Gasteiger partial charge on any atom is 0.303 e. The first-order chi connectivity index (χ1) is 8.71. The van der Waals surface area contributed by atoms with Gasteiger partial charge in [0.25, 0.3) is 0 Å². The Hall–Kier alpha value is -1.77. The molecule has 5 nitrogen and oxygen atoms in total. The Balaban J connectivity index is 2.78. The second kappa shape index (κ2) is 5.91. The molecule has 0 aliphatic carbocycles. The second-order valence-corrected chi connectivity index (χ2v) is 5.51. The summed E-state index contributed by atoms with van der Waals surface area (Å²) in [5.74, 6) is -5.84. The Morgan fingerprint density at radius 2 is 1.74 bits per heavy atom. The normalized spacial score (nSPS) is 11.3. The summed E-state index contributed by atoms with van der Waals surface area (Å²) in [6.07, 6.45) is -0.558. The molecule has 1 aromatic rings. The van der Waals surface area contributed by atoms with Crippen LogP contribution in [0.4, 0.5) is 18.9 Å². The highest BCUT2D eigenvalue weighted by Crippen LogP contribution is 2.19. The number of nitrogens with one attached hydrogen (secondary N) is 1. The maximum atomic E-state index is 13.2. The van der Waals surface area contributed by atoms with Crippen LogP contribution in [0.15, 0.2) is 12.1 Å². The summed E-state index contributed by atoms with van der Waals surface area (Å²) >= 11 is 0. The van der Waals surface area contributed by atoms with Crippen molar-refractivity contribution in [3.05, 3.63) is 29.6 Å². The van der Waals surface area contributed by atoms with Crippen molar-refractivity contribution in [3.8, 4) is 0 Å². The number of hydrogen-bond donors (Lipinski definition) is 2. The lowest BCUT2D eigenvalue weighted by Gasteiger charge is -2.08. The molecule has 19 heavy (non-hydrogen) atoms. The number of anilines is 1. The summed E-state index contributed by atoms with van der Waals surface area (Å²) in [4.78, 5) is 10.2. The van der Waals surface area contributed by atoms with Crippen molar-refractivity contribution in [3.63, 3.8) is 0 Å². The van der Waals surface area contributed by atoms with Gasteiger partial charge in [0.2, 0.25) is 10.0 Å². The van der Waals surface area contributed by atoms with E-state index in [9.17, 15) is 26.4 Å². The van der Waals surface area contributed by atoms with Gasteiger partial charge in [-0.1, -0.05) is 0 Å². The van der Waals surface area contributed by atoms with Crippen molar-refractivity contribution < 1.29 is 31.5 Å². The van der Waals surface area contributed by atoms with Crippen LogP contribution in [-0.4, -0.2) is 25.2 Å². The van der Waals surface area contributed by atoms with E-state index < -0.39 is 44.9 Å². The highest BCUT2D eigenvalue weighted by molar-refractivity contribution is 7.92. The monoisotopic (exact) mass is 297 g/mol. The van der Waals surface area contributed by atoms with Crippen LogP contribution in [0.5, 0.6) is 0 Å². The fourth-order valence-electron chi connectivity index (χ4n) is 1.23. The number of carboxylic acid groups (broad SMARTS) is 1. The van der Waals surface area contributed by atoms with Crippen molar-refractivity contribution in [2.75, 3.05) is 10.5 Å². The summed E-state index contributed by atoms with van der Waals surface area (Å²) < 4.78 is 63.3. The molecule has 0 unspecified atom stereocenters. The van der Waals surface area contributed by atoms with E-state index in [1.807, 2.05) is 0 Å². The van der Waals surface area contributed by atoms with Gasteiger partial charge in [-0.25, -0.2) is 21.6 Å². The van der Waals surface area contributed by atoms with Gasteiger partial charge < -0.3 is 5.11 Å². The lowest BCUT2D eigenvalue weighted by Crippen LogP contribution is -2.18. The van der Waals surface area contributed by atoms with Crippen molar-refractivity contribution >= 4 is 21.7 Å². The van der Waals surface area contributed by atoms with Crippen LogP contribution in [0.3, 0.4) is 0 Å². The summed E-state index contributed by atoms with van der Waals surface area (Å²) in [6, 6.07) is 0.587. The number of rotatable bonds is 6. The molecule has 1 aromatic carbocycles. The van der Waals surface area contributed by atoms with E-state index in [0.29, 0.717) is 6.07 Å². The van der Waals surface area contributed by atoms with E-state index in [0.717, 1.165) is 0 Å². The zero-order valence-corrected chi connectivity index (χ0v) is 10.3. The minimum atomic E-state index is -4.02. The average molecular weight is 297 g/mol. The third kappa shape index (κ3) is 4.78. The number of halogens is 3. The number of sulfonamides is 1. The number of aliphatic carboxylic acids is 1. The number of hydrogen-bond acceptors (Lipinski definition) is 3. The molecule has 0 heterocycles. The second-order valence-electron chi connectivity index (χ2n) is 3.66. The fraction of sp³-hybridized carbons (Fsp3) is 0.300. The minimum Gasteiger partial charge on any atom is -0.481 e. The van der Waals surface area contributed by atoms with Crippen LogP contribution < -0.4 is 4.72 Å². The van der Waals surface area contributed by atoms with E-state index in [-0.39, 0.29) is 18.9 Å². The molecule has 0 bridgehead atoms. The third-order valence-corrected chi connectivity index (χ3v) is 3.44. The largest absolute Gasteiger partial charge is 0.481 e. The summed E-state index contributed by atoms with van der Waals surface area (Å²) in [5, 5.41) is 8.34. The highest BCUT2D eigenvalue weighted by atomic mass is 32.2. The molecule has 0 saturated heterocycles. The van der Waals surface area contributed by atoms with E-state index in [4.69, 9.17) is 5.11 Å². The Labute approximate surface area is 107 Å². The van der Waals surface area contributed by atoms with E-state index in [1.165, 1.54) is 0 Å². The average Bonchev–Trinajstić information content (AvgIpc) is 2.24. The molecular formula is C10H10F3NO4S. The zero-order chi connectivity index (χ0) is 14.6. The van der Waals surface area contributed by atoms with Gasteiger partial charge in [0.1, 0.15) is 5.82 Å². The predicted molar refractivity (Wildman–Crippen MR) is 60.6 cm³/mol. The molecule has 0 aromatic heterocycles. The van der Waals surface area contributed by atoms with Crippen LogP contribution in [0.1, 0.15) is 12.8 Å².